The molecule has 2 amide bonds. The minimum Gasteiger partial charge on any atom is -0.497 e. The van der Waals surface area contributed by atoms with Crippen LogP contribution >= 0.6 is 0 Å². The largest absolute Gasteiger partial charge is 0.497 e. The van der Waals surface area contributed by atoms with Crippen LogP contribution in [0.4, 0.5) is 5.69 Å². The van der Waals surface area contributed by atoms with Crippen LogP contribution in [0.15, 0.2) is 48.5 Å². The van der Waals surface area contributed by atoms with Gasteiger partial charge in [-0.15, -0.1) is 0 Å². The zero-order chi connectivity index (χ0) is 26.2. The Morgan fingerprint density at radius 2 is 1.46 bits per heavy atom. The summed E-state index contributed by atoms with van der Waals surface area (Å²) >= 11 is 0. The highest BCUT2D eigenvalue weighted by molar-refractivity contribution is 7.92. The van der Waals surface area contributed by atoms with E-state index in [-0.39, 0.29) is 18.5 Å². The Bertz CT molecular complexity index is 1090. The van der Waals surface area contributed by atoms with Crippen LogP contribution in [0.25, 0.3) is 0 Å². The highest BCUT2D eigenvalue weighted by Crippen LogP contribution is 2.22. The SMILES string of the molecule is CCC(C)NC(=O)C(C)N(Cc1ccc(OC)cc1)C(=O)CN(c1ccc(OC)cc1)S(C)(=O)=O. The molecular weight excluding hydrogens is 470 g/mol. The topological polar surface area (TPSA) is 105 Å². The quantitative estimate of drug-likeness (QED) is 0.476. The normalized spacial score (nSPS) is 12.9. The second kappa shape index (κ2) is 12.4. The van der Waals surface area contributed by atoms with Crippen LogP contribution in [-0.2, 0) is 26.2 Å². The van der Waals surface area contributed by atoms with Crippen LogP contribution in [0.1, 0.15) is 32.8 Å². The molecule has 0 aliphatic heterocycles. The molecule has 0 saturated carbocycles. The molecule has 2 aromatic rings. The standard InChI is InChI=1S/C25H35N3O6S/c1-7-18(2)26-25(30)19(3)27(16-20-8-12-22(33-4)13-9-20)24(29)17-28(35(6,31)32)21-10-14-23(34-5)15-11-21/h8-15,18-19H,7,16-17H2,1-6H3,(H,26,30). The smallest absolute Gasteiger partial charge is 0.244 e. The van der Waals surface area contributed by atoms with Crippen molar-refractivity contribution in [2.24, 2.45) is 0 Å². The molecule has 35 heavy (non-hydrogen) atoms. The van der Waals surface area contributed by atoms with Crippen molar-refractivity contribution in [3.05, 3.63) is 54.1 Å². The van der Waals surface area contributed by atoms with E-state index in [1.54, 1.807) is 62.6 Å². The van der Waals surface area contributed by atoms with Gasteiger partial charge in [0.05, 0.1) is 26.2 Å². The lowest BCUT2D eigenvalue weighted by atomic mass is 10.1. The van der Waals surface area contributed by atoms with E-state index in [0.29, 0.717) is 17.2 Å². The first kappa shape index (κ1) is 28.0. The molecular formula is C25H35N3O6S. The van der Waals surface area contributed by atoms with Crippen LogP contribution in [-0.4, -0.2) is 64.2 Å². The molecule has 2 rings (SSSR count). The molecule has 0 saturated heterocycles. The van der Waals surface area contributed by atoms with Gasteiger partial charge in [0.15, 0.2) is 0 Å². The lowest BCUT2D eigenvalue weighted by Crippen LogP contribution is -2.52. The van der Waals surface area contributed by atoms with E-state index in [2.05, 4.69) is 5.32 Å². The highest BCUT2D eigenvalue weighted by Gasteiger charge is 2.30. The number of anilines is 1. The number of rotatable bonds is 12. The molecule has 0 bridgehead atoms. The number of nitrogens with one attached hydrogen (secondary N) is 1. The number of nitrogens with zero attached hydrogens (tertiary/aromatic N) is 2. The number of carbonyl (C=O) groups is 2. The molecule has 0 radical (unpaired) electrons. The Morgan fingerprint density at radius 3 is 1.91 bits per heavy atom. The summed E-state index contributed by atoms with van der Waals surface area (Å²) in [6.45, 7) is 5.14. The average molecular weight is 506 g/mol. The summed E-state index contributed by atoms with van der Waals surface area (Å²) in [7, 11) is -0.719. The molecule has 0 aliphatic rings. The molecule has 2 unspecified atom stereocenters. The van der Waals surface area contributed by atoms with Crippen LogP contribution in [0.5, 0.6) is 11.5 Å². The first-order valence-electron chi connectivity index (χ1n) is 11.3. The van der Waals surface area contributed by atoms with Crippen molar-refractivity contribution in [1.82, 2.24) is 10.2 Å². The maximum atomic E-state index is 13.5. The van der Waals surface area contributed by atoms with Gasteiger partial charge in [-0.2, -0.15) is 0 Å². The molecule has 0 aliphatic carbocycles. The third-order valence-electron chi connectivity index (χ3n) is 5.72. The molecule has 9 nitrogen and oxygen atoms in total. The third-order valence-corrected chi connectivity index (χ3v) is 6.86. The molecule has 2 atom stereocenters. The summed E-state index contributed by atoms with van der Waals surface area (Å²) in [5, 5.41) is 2.90. The zero-order valence-electron chi connectivity index (χ0n) is 21.1. The predicted molar refractivity (Wildman–Crippen MR) is 136 cm³/mol. The molecule has 0 fully saturated rings. The molecule has 0 spiro atoms. The maximum absolute atomic E-state index is 13.5. The van der Waals surface area contributed by atoms with Crippen molar-refractivity contribution in [3.63, 3.8) is 0 Å². The number of sulfonamides is 1. The average Bonchev–Trinajstić information content (AvgIpc) is 2.84. The number of benzene rings is 2. The van der Waals surface area contributed by atoms with Crippen LogP contribution in [0.3, 0.4) is 0 Å². The second-order valence-corrected chi connectivity index (χ2v) is 10.2. The van der Waals surface area contributed by atoms with E-state index in [9.17, 15) is 18.0 Å². The summed E-state index contributed by atoms with van der Waals surface area (Å²) in [6, 6.07) is 12.6. The lowest BCUT2D eigenvalue weighted by Gasteiger charge is -2.32. The Morgan fingerprint density at radius 1 is 0.943 bits per heavy atom. The number of ether oxygens (including phenoxy) is 2. The van der Waals surface area contributed by atoms with E-state index in [4.69, 9.17) is 9.47 Å². The van der Waals surface area contributed by atoms with E-state index in [1.807, 2.05) is 13.8 Å². The van der Waals surface area contributed by atoms with Crippen molar-refractivity contribution in [2.45, 2.75) is 45.8 Å². The van der Waals surface area contributed by atoms with Gasteiger partial charge in [0.2, 0.25) is 21.8 Å². The summed E-state index contributed by atoms with van der Waals surface area (Å²) in [6.07, 6.45) is 1.78. The van der Waals surface area contributed by atoms with Gasteiger partial charge in [-0.05, 0) is 62.2 Å². The number of methoxy groups -OCH3 is 2. The second-order valence-electron chi connectivity index (χ2n) is 8.33. The molecule has 192 valence electrons. The van der Waals surface area contributed by atoms with Gasteiger partial charge in [-0.1, -0.05) is 19.1 Å². The monoisotopic (exact) mass is 505 g/mol. The minimum absolute atomic E-state index is 0.0605. The summed E-state index contributed by atoms with van der Waals surface area (Å²) in [4.78, 5) is 27.8. The maximum Gasteiger partial charge on any atom is 0.244 e. The fraction of sp³-hybridized carbons (Fsp3) is 0.440. The summed E-state index contributed by atoms with van der Waals surface area (Å²) in [5.41, 5.74) is 1.10. The van der Waals surface area contributed by atoms with Gasteiger partial charge in [0.25, 0.3) is 0 Å². The fourth-order valence-electron chi connectivity index (χ4n) is 3.34. The van der Waals surface area contributed by atoms with Crippen molar-refractivity contribution in [2.75, 3.05) is 31.3 Å². The minimum atomic E-state index is -3.79. The number of amides is 2. The van der Waals surface area contributed by atoms with E-state index < -0.39 is 28.5 Å². The highest BCUT2D eigenvalue weighted by atomic mass is 32.2. The molecule has 0 aromatic heterocycles. The number of hydrogen-bond donors (Lipinski definition) is 1. The molecule has 0 heterocycles. The Balaban J connectivity index is 2.37. The predicted octanol–water partition coefficient (Wildman–Crippen LogP) is 2.80. The van der Waals surface area contributed by atoms with Crippen LogP contribution in [0, 0.1) is 0 Å². The van der Waals surface area contributed by atoms with Crippen molar-refractivity contribution in [3.8, 4) is 11.5 Å². The molecule has 10 heteroatoms. The molecule has 1 N–H and O–H groups in total. The number of carbonyl (C=O) groups excluding carboxylic acids is 2. The summed E-state index contributed by atoms with van der Waals surface area (Å²) < 4.78 is 36.5. The molecule has 2 aromatic carbocycles. The summed E-state index contributed by atoms with van der Waals surface area (Å²) in [5.74, 6) is 0.410. The van der Waals surface area contributed by atoms with Crippen molar-refractivity contribution < 1.29 is 27.5 Å². The van der Waals surface area contributed by atoms with Crippen molar-refractivity contribution in [1.29, 1.82) is 0 Å². The fourth-order valence-corrected chi connectivity index (χ4v) is 4.19. The Labute approximate surface area is 208 Å². The first-order chi connectivity index (χ1) is 16.5. The van der Waals surface area contributed by atoms with Gasteiger partial charge < -0.3 is 19.7 Å². The van der Waals surface area contributed by atoms with E-state index in [1.165, 1.54) is 12.0 Å². The third kappa shape index (κ3) is 7.88. The van der Waals surface area contributed by atoms with Crippen LogP contribution < -0.4 is 19.1 Å². The van der Waals surface area contributed by atoms with Gasteiger partial charge in [-0.25, -0.2) is 8.42 Å². The first-order valence-corrected chi connectivity index (χ1v) is 13.2. The zero-order valence-corrected chi connectivity index (χ0v) is 22.0. The lowest BCUT2D eigenvalue weighted by molar-refractivity contribution is -0.139. The van der Waals surface area contributed by atoms with Gasteiger partial charge in [0, 0.05) is 12.6 Å². The Hall–Kier alpha value is -3.27. The van der Waals surface area contributed by atoms with E-state index >= 15 is 0 Å². The van der Waals surface area contributed by atoms with Gasteiger partial charge in [-0.3, -0.25) is 13.9 Å². The van der Waals surface area contributed by atoms with Gasteiger partial charge in [0.1, 0.15) is 24.1 Å². The van der Waals surface area contributed by atoms with Crippen molar-refractivity contribution >= 4 is 27.5 Å². The number of hydrogen-bond acceptors (Lipinski definition) is 6. The van der Waals surface area contributed by atoms with E-state index in [0.717, 1.165) is 22.5 Å². The van der Waals surface area contributed by atoms with Crippen LogP contribution in [0.2, 0.25) is 0 Å². The van der Waals surface area contributed by atoms with Gasteiger partial charge >= 0.3 is 0 Å². The Kier molecular flexibility index (Phi) is 9.94.